The largest absolute Gasteiger partial charge is 0.340 e. The molecule has 0 spiro atoms. The fourth-order valence-electron chi connectivity index (χ4n) is 1.39. The van der Waals surface area contributed by atoms with Crippen molar-refractivity contribution >= 4 is 34.9 Å². The highest BCUT2D eigenvalue weighted by atomic mass is 35.5. The molecule has 0 unspecified atom stereocenters. The minimum atomic E-state index is -0.322. The minimum Gasteiger partial charge on any atom is -0.340 e. The van der Waals surface area contributed by atoms with E-state index < -0.39 is 0 Å². The number of rotatable bonds is 3. The molecule has 7 heteroatoms. The van der Waals surface area contributed by atoms with Crippen LogP contribution in [0.5, 0.6) is 0 Å². The molecule has 2 aromatic rings. The van der Waals surface area contributed by atoms with Gasteiger partial charge in [0.1, 0.15) is 16.7 Å². The smallest absolute Gasteiger partial charge is 0.273 e. The number of H-pyrrole nitrogens is 2. The van der Waals surface area contributed by atoms with E-state index in [1.165, 1.54) is 6.07 Å². The molecule has 0 aliphatic carbocycles. The number of halogens is 2. The number of nitrogens with one attached hydrogen (secondary N) is 3. The lowest BCUT2D eigenvalue weighted by atomic mass is 10.2. The molecular formula is C10H10Cl2N4O. The maximum absolute atomic E-state index is 11.8. The van der Waals surface area contributed by atoms with Gasteiger partial charge in [-0.1, -0.05) is 30.1 Å². The molecule has 0 aromatic carbocycles. The highest BCUT2D eigenvalue weighted by Crippen LogP contribution is 2.22. The molecule has 0 aliphatic heterocycles. The number of carbonyl (C=O) groups excluding carboxylic acids is 1. The fourth-order valence-corrected chi connectivity index (χ4v) is 1.71. The molecule has 0 saturated heterocycles. The summed E-state index contributed by atoms with van der Waals surface area (Å²) in [4.78, 5) is 14.5. The first-order valence-corrected chi connectivity index (χ1v) is 5.75. The van der Waals surface area contributed by atoms with Crippen molar-refractivity contribution in [1.29, 1.82) is 0 Å². The van der Waals surface area contributed by atoms with Crippen LogP contribution in [0.4, 0.5) is 5.82 Å². The third kappa shape index (κ3) is 2.45. The number of aryl methyl sites for hydroxylation is 1. The van der Waals surface area contributed by atoms with Gasteiger partial charge in [-0.05, 0) is 12.5 Å². The maximum Gasteiger partial charge on any atom is 0.273 e. The van der Waals surface area contributed by atoms with Crippen LogP contribution in [0.2, 0.25) is 10.2 Å². The number of anilines is 1. The topological polar surface area (TPSA) is 73.6 Å². The molecule has 0 bridgehead atoms. The summed E-state index contributed by atoms with van der Waals surface area (Å²) in [6, 6.07) is 1.47. The number of aromatic nitrogens is 3. The van der Waals surface area contributed by atoms with Gasteiger partial charge >= 0.3 is 0 Å². The standard InChI is InChI=1S/C10H10Cl2N4O/c1-2-5-4-13-16-9(5)15-10(17)7-3-6(11)8(12)14-7/h3-4,14H,2H2,1H3,(H2,13,15,16,17). The number of nitrogens with zero attached hydrogens (tertiary/aromatic N) is 1. The zero-order chi connectivity index (χ0) is 12.4. The fraction of sp³-hybridized carbons (Fsp3) is 0.200. The van der Waals surface area contributed by atoms with Crippen LogP contribution >= 0.6 is 23.2 Å². The second-order valence-corrected chi connectivity index (χ2v) is 4.21. The van der Waals surface area contributed by atoms with E-state index in [4.69, 9.17) is 23.2 Å². The van der Waals surface area contributed by atoms with Gasteiger partial charge in [0, 0.05) is 5.56 Å². The average Bonchev–Trinajstić information content (AvgIpc) is 2.86. The Bertz CT molecular complexity index is 527. The van der Waals surface area contributed by atoms with Gasteiger partial charge in [0.05, 0.1) is 11.2 Å². The van der Waals surface area contributed by atoms with E-state index >= 15 is 0 Å². The zero-order valence-electron chi connectivity index (χ0n) is 8.97. The Balaban J connectivity index is 2.17. The maximum atomic E-state index is 11.8. The quantitative estimate of drug-likeness (QED) is 0.804. The summed E-state index contributed by atoms with van der Waals surface area (Å²) in [6.07, 6.45) is 2.45. The highest BCUT2D eigenvalue weighted by molar-refractivity contribution is 6.41. The van der Waals surface area contributed by atoms with Crippen molar-refractivity contribution in [2.24, 2.45) is 0 Å². The van der Waals surface area contributed by atoms with E-state index in [2.05, 4.69) is 20.5 Å². The Labute approximate surface area is 108 Å². The molecule has 0 radical (unpaired) electrons. The summed E-state index contributed by atoms with van der Waals surface area (Å²) in [5, 5.41) is 9.83. The number of carbonyl (C=O) groups is 1. The van der Waals surface area contributed by atoms with Crippen molar-refractivity contribution in [3.8, 4) is 0 Å². The third-order valence-electron chi connectivity index (χ3n) is 2.31. The van der Waals surface area contributed by atoms with Crippen LogP contribution in [0.25, 0.3) is 0 Å². The predicted molar refractivity (Wildman–Crippen MR) is 66.7 cm³/mol. The lowest BCUT2D eigenvalue weighted by Gasteiger charge is -2.02. The molecule has 0 fully saturated rings. The van der Waals surface area contributed by atoms with Crippen molar-refractivity contribution in [3.05, 3.63) is 33.7 Å². The third-order valence-corrected chi connectivity index (χ3v) is 3.00. The van der Waals surface area contributed by atoms with Crippen LogP contribution < -0.4 is 5.32 Å². The predicted octanol–water partition coefficient (Wildman–Crippen LogP) is 2.86. The Morgan fingerprint density at radius 1 is 1.53 bits per heavy atom. The van der Waals surface area contributed by atoms with Gasteiger partial charge in [-0.3, -0.25) is 9.89 Å². The van der Waals surface area contributed by atoms with Gasteiger partial charge in [-0.25, -0.2) is 0 Å². The van der Waals surface area contributed by atoms with Crippen LogP contribution in [-0.4, -0.2) is 21.1 Å². The summed E-state index contributed by atoms with van der Waals surface area (Å²) >= 11 is 11.5. The van der Waals surface area contributed by atoms with Crippen LogP contribution in [-0.2, 0) is 6.42 Å². The SMILES string of the molecule is CCc1cn[nH]c1NC(=O)c1cc(Cl)c(Cl)[nH]1. The van der Waals surface area contributed by atoms with Crippen LogP contribution in [0.15, 0.2) is 12.3 Å². The Kier molecular flexibility index (Phi) is 3.40. The first kappa shape index (κ1) is 12.0. The van der Waals surface area contributed by atoms with E-state index in [9.17, 15) is 4.79 Å². The van der Waals surface area contributed by atoms with Gasteiger partial charge < -0.3 is 10.3 Å². The summed E-state index contributed by atoms with van der Waals surface area (Å²) in [5.41, 5.74) is 1.23. The first-order valence-electron chi connectivity index (χ1n) is 4.99. The van der Waals surface area contributed by atoms with Crippen LogP contribution in [0.1, 0.15) is 23.0 Å². The number of hydrogen-bond acceptors (Lipinski definition) is 2. The molecule has 0 saturated carbocycles. The van der Waals surface area contributed by atoms with E-state index in [1.54, 1.807) is 6.20 Å². The average molecular weight is 273 g/mol. The van der Waals surface area contributed by atoms with E-state index in [0.29, 0.717) is 16.5 Å². The van der Waals surface area contributed by atoms with Crippen LogP contribution in [0, 0.1) is 0 Å². The van der Waals surface area contributed by atoms with Gasteiger partial charge in [0.25, 0.3) is 5.91 Å². The Hall–Kier alpha value is -1.46. The normalized spacial score (nSPS) is 10.5. The van der Waals surface area contributed by atoms with Gasteiger partial charge in [-0.2, -0.15) is 5.10 Å². The van der Waals surface area contributed by atoms with E-state index in [1.807, 2.05) is 6.92 Å². The molecule has 5 nitrogen and oxygen atoms in total. The van der Waals surface area contributed by atoms with E-state index in [0.717, 1.165) is 12.0 Å². The Morgan fingerprint density at radius 3 is 2.88 bits per heavy atom. The zero-order valence-corrected chi connectivity index (χ0v) is 10.5. The summed E-state index contributed by atoms with van der Waals surface area (Å²) in [7, 11) is 0. The lowest BCUT2D eigenvalue weighted by molar-refractivity contribution is 0.102. The monoisotopic (exact) mass is 272 g/mol. The summed E-state index contributed by atoms with van der Waals surface area (Å²) in [6.45, 7) is 1.98. The van der Waals surface area contributed by atoms with E-state index in [-0.39, 0.29) is 11.1 Å². The minimum absolute atomic E-state index is 0.247. The van der Waals surface area contributed by atoms with Crippen molar-refractivity contribution < 1.29 is 4.79 Å². The first-order chi connectivity index (χ1) is 8.11. The highest BCUT2D eigenvalue weighted by Gasteiger charge is 2.13. The van der Waals surface area contributed by atoms with Crippen molar-refractivity contribution in [2.45, 2.75) is 13.3 Å². The molecular weight excluding hydrogens is 263 g/mol. The molecule has 1 amide bonds. The number of amides is 1. The lowest BCUT2D eigenvalue weighted by Crippen LogP contribution is -2.13. The molecule has 90 valence electrons. The van der Waals surface area contributed by atoms with Crippen molar-refractivity contribution in [1.82, 2.24) is 15.2 Å². The molecule has 2 rings (SSSR count). The molecule has 3 N–H and O–H groups in total. The van der Waals surface area contributed by atoms with Crippen LogP contribution in [0.3, 0.4) is 0 Å². The molecule has 0 aliphatic rings. The summed E-state index contributed by atoms with van der Waals surface area (Å²) in [5.74, 6) is 0.261. The second kappa shape index (κ2) is 4.81. The van der Waals surface area contributed by atoms with Crippen molar-refractivity contribution in [3.63, 3.8) is 0 Å². The Morgan fingerprint density at radius 2 is 2.29 bits per heavy atom. The van der Waals surface area contributed by atoms with Gasteiger partial charge in [-0.15, -0.1) is 0 Å². The molecule has 0 atom stereocenters. The molecule has 2 heterocycles. The summed E-state index contributed by atoms with van der Waals surface area (Å²) < 4.78 is 0. The number of hydrogen-bond donors (Lipinski definition) is 3. The molecule has 17 heavy (non-hydrogen) atoms. The van der Waals surface area contributed by atoms with Crippen molar-refractivity contribution in [2.75, 3.05) is 5.32 Å². The number of aromatic amines is 2. The molecule has 2 aromatic heterocycles. The second-order valence-electron chi connectivity index (χ2n) is 3.42. The van der Waals surface area contributed by atoms with Gasteiger partial charge in [0.15, 0.2) is 0 Å². The van der Waals surface area contributed by atoms with Gasteiger partial charge in [0.2, 0.25) is 0 Å².